The Hall–Kier alpha value is -4.19. The summed E-state index contributed by atoms with van der Waals surface area (Å²) in [6.07, 6.45) is -0.713. The van der Waals surface area contributed by atoms with Gasteiger partial charge in [-0.2, -0.15) is 5.26 Å². The summed E-state index contributed by atoms with van der Waals surface area (Å²) in [4.78, 5) is 42.3. The standard InChI is InChI=1S/C33H35N3O10S/c1-13-7-17-8-18-19(9-34)36-20-10-42-33(40)21(45-15(3)37)11-47-32(26(36)25(35(18)5)22(17)27(39)28(13)41-6)24-23(20)31-30(43-12-44-31)14(2)29(24)46-16(4)38/h7,18-21,25-26,32,39H,8,10-12H2,1-6H3/t18-,19+,20+,21+,25+,26?,32-/m1/s1. The lowest BCUT2D eigenvalue weighted by Crippen LogP contribution is -2.69. The van der Waals surface area contributed by atoms with Crippen LogP contribution in [0.25, 0.3) is 0 Å². The normalized spacial score (nSPS) is 29.0. The number of fused-ring (bicyclic) bond motifs is 9. The number of aryl methyl sites for hydroxylation is 1. The molecule has 0 saturated carbocycles. The number of piperazine rings is 1. The zero-order chi connectivity index (χ0) is 33.5. The van der Waals surface area contributed by atoms with Gasteiger partial charge in [-0.3, -0.25) is 19.4 Å². The molecular formula is C33H35N3O10S. The minimum absolute atomic E-state index is 0.0116. The lowest BCUT2D eigenvalue weighted by Gasteiger charge is -2.61. The first-order valence-corrected chi connectivity index (χ1v) is 16.4. The Labute approximate surface area is 275 Å². The maximum atomic E-state index is 13.3. The van der Waals surface area contributed by atoms with Crippen LogP contribution >= 0.6 is 11.8 Å². The summed E-state index contributed by atoms with van der Waals surface area (Å²) in [6.45, 7) is 5.94. The molecule has 1 N–H and O–H groups in total. The van der Waals surface area contributed by atoms with Crippen molar-refractivity contribution in [3.05, 3.63) is 39.4 Å². The second kappa shape index (κ2) is 11.5. The summed E-state index contributed by atoms with van der Waals surface area (Å²) in [5.41, 5.74) is 4.20. The maximum absolute atomic E-state index is 13.3. The van der Waals surface area contributed by atoms with E-state index in [1.54, 1.807) is 6.92 Å². The van der Waals surface area contributed by atoms with Gasteiger partial charge in [-0.05, 0) is 38.4 Å². The summed E-state index contributed by atoms with van der Waals surface area (Å²) < 4.78 is 34.9. The summed E-state index contributed by atoms with van der Waals surface area (Å²) >= 11 is 1.33. The third kappa shape index (κ3) is 4.62. The van der Waals surface area contributed by atoms with E-state index in [0.717, 1.165) is 11.1 Å². The van der Waals surface area contributed by atoms with E-state index in [-0.39, 0.29) is 30.9 Å². The number of methoxy groups -OCH3 is 1. The van der Waals surface area contributed by atoms with Gasteiger partial charge in [0.1, 0.15) is 18.4 Å². The van der Waals surface area contributed by atoms with Gasteiger partial charge in [0.2, 0.25) is 12.9 Å². The molecule has 5 aliphatic heterocycles. The molecular weight excluding hydrogens is 630 g/mol. The molecule has 248 valence electrons. The Kier molecular flexibility index (Phi) is 7.69. The number of likely N-dealkylation sites (N-methyl/N-ethyl adjacent to an activating group) is 1. The molecule has 7 atom stereocenters. The fourth-order valence-corrected chi connectivity index (χ4v) is 9.71. The predicted molar refractivity (Wildman–Crippen MR) is 165 cm³/mol. The van der Waals surface area contributed by atoms with Crippen LogP contribution in [-0.4, -0.2) is 90.4 Å². The zero-order valence-corrected chi connectivity index (χ0v) is 27.6. The maximum Gasteiger partial charge on any atom is 0.348 e. The second-order valence-corrected chi connectivity index (χ2v) is 13.7. The molecule has 2 aromatic rings. The number of rotatable bonds is 3. The molecule has 47 heavy (non-hydrogen) atoms. The van der Waals surface area contributed by atoms with Crippen molar-refractivity contribution < 1.29 is 47.9 Å². The molecule has 2 fully saturated rings. The molecule has 13 nitrogen and oxygen atoms in total. The molecule has 5 heterocycles. The number of carbonyl (C=O) groups excluding carboxylic acids is 3. The molecule has 5 aliphatic rings. The molecule has 14 heteroatoms. The smallest absolute Gasteiger partial charge is 0.348 e. The number of ether oxygens (including phenoxy) is 6. The molecule has 0 aliphatic carbocycles. The number of phenolic OH excluding ortho intramolecular Hbond substituents is 1. The van der Waals surface area contributed by atoms with E-state index < -0.39 is 53.4 Å². The molecule has 0 spiro atoms. The van der Waals surface area contributed by atoms with Crippen LogP contribution in [0.3, 0.4) is 0 Å². The first kappa shape index (κ1) is 31.4. The number of aromatic hydroxyl groups is 1. The van der Waals surface area contributed by atoms with Crippen molar-refractivity contribution in [3.63, 3.8) is 0 Å². The van der Waals surface area contributed by atoms with Crippen LogP contribution in [0.2, 0.25) is 0 Å². The monoisotopic (exact) mass is 665 g/mol. The summed E-state index contributed by atoms with van der Waals surface area (Å²) in [7, 11) is 3.46. The Balaban J connectivity index is 1.54. The Bertz CT molecular complexity index is 1760. The Morgan fingerprint density at radius 2 is 1.83 bits per heavy atom. The van der Waals surface area contributed by atoms with Gasteiger partial charge in [0.05, 0.1) is 30.5 Å². The first-order valence-electron chi connectivity index (χ1n) is 15.4. The highest BCUT2D eigenvalue weighted by atomic mass is 32.2. The number of cyclic esters (lactones) is 1. The summed E-state index contributed by atoms with van der Waals surface area (Å²) in [6, 6.07) is 1.84. The number of benzene rings is 2. The van der Waals surface area contributed by atoms with Gasteiger partial charge >= 0.3 is 17.9 Å². The third-order valence-electron chi connectivity index (χ3n) is 9.93. The number of hydrogen-bond acceptors (Lipinski definition) is 14. The molecule has 2 saturated heterocycles. The molecule has 4 bridgehead atoms. The fourth-order valence-electron chi connectivity index (χ4n) is 8.23. The average Bonchev–Trinajstić information content (AvgIpc) is 3.50. The van der Waals surface area contributed by atoms with Gasteiger partial charge in [0, 0.05) is 53.9 Å². The molecule has 0 aromatic heterocycles. The second-order valence-electron chi connectivity index (χ2n) is 12.5. The first-order chi connectivity index (χ1) is 22.5. The SMILES string of the molecule is COc1c(C)cc2c(c1O)[C@H]1C3[C@@H]4SC[C@H](OC(C)=O)C(=O)OC[C@@H](c5c6c(c(C)c(OC(C)=O)c54)OCO6)N3[C@@H](C#N)[C@@H](C2)N1C. The van der Waals surface area contributed by atoms with Gasteiger partial charge in [-0.1, -0.05) is 6.07 Å². The fraction of sp³-hybridized carbons (Fsp3) is 0.515. The highest BCUT2D eigenvalue weighted by molar-refractivity contribution is 7.99. The lowest BCUT2D eigenvalue weighted by atomic mass is 9.71. The number of phenols is 1. The molecule has 1 unspecified atom stereocenters. The van der Waals surface area contributed by atoms with E-state index in [1.165, 1.54) is 32.7 Å². The minimum atomic E-state index is -1.20. The van der Waals surface area contributed by atoms with Crippen LogP contribution in [0.5, 0.6) is 28.7 Å². The van der Waals surface area contributed by atoms with E-state index in [1.807, 2.05) is 20.0 Å². The predicted octanol–water partition coefficient (Wildman–Crippen LogP) is 3.16. The molecule has 0 radical (unpaired) electrons. The Morgan fingerprint density at radius 1 is 1.09 bits per heavy atom. The number of carbonyl (C=O) groups is 3. The van der Waals surface area contributed by atoms with Crippen molar-refractivity contribution in [2.45, 2.75) is 75.7 Å². The van der Waals surface area contributed by atoms with Gasteiger partial charge in [-0.25, -0.2) is 4.79 Å². The molecule has 0 amide bonds. The van der Waals surface area contributed by atoms with Crippen LogP contribution in [0.15, 0.2) is 6.07 Å². The average molecular weight is 666 g/mol. The molecule has 7 rings (SSSR count). The van der Waals surface area contributed by atoms with E-state index >= 15 is 0 Å². The number of hydrogen-bond donors (Lipinski definition) is 1. The van der Waals surface area contributed by atoms with Crippen LogP contribution in [0.4, 0.5) is 0 Å². The van der Waals surface area contributed by atoms with Gasteiger partial charge in [-0.15, -0.1) is 11.8 Å². The summed E-state index contributed by atoms with van der Waals surface area (Å²) in [5, 5.41) is 22.1. The number of thioether (sulfide) groups is 1. The summed E-state index contributed by atoms with van der Waals surface area (Å²) in [5.74, 6) is -0.307. The number of esters is 3. The highest BCUT2D eigenvalue weighted by Gasteiger charge is 2.60. The van der Waals surface area contributed by atoms with Crippen LogP contribution < -0.4 is 18.9 Å². The van der Waals surface area contributed by atoms with Crippen molar-refractivity contribution in [1.29, 1.82) is 5.26 Å². The van der Waals surface area contributed by atoms with Gasteiger partial charge < -0.3 is 33.5 Å². The van der Waals surface area contributed by atoms with Crippen molar-refractivity contribution in [2.24, 2.45) is 0 Å². The zero-order valence-electron chi connectivity index (χ0n) is 26.8. The van der Waals surface area contributed by atoms with Crippen molar-refractivity contribution >= 4 is 29.7 Å². The van der Waals surface area contributed by atoms with E-state index in [0.29, 0.717) is 51.7 Å². The molecule has 2 aromatic carbocycles. The quantitative estimate of drug-likeness (QED) is 0.377. The van der Waals surface area contributed by atoms with Crippen LogP contribution in [0, 0.1) is 25.2 Å². The lowest BCUT2D eigenvalue weighted by molar-refractivity contribution is -0.168. The van der Waals surface area contributed by atoms with Crippen molar-refractivity contribution in [3.8, 4) is 34.8 Å². The highest BCUT2D eigenvalue weighted by Crippen LogP contribution is 2.64. The van der Waals surface area contributed by atoms with Crippen LogP contribution in [0.1, 0.15) is 64.6 Å². The van der Waals surface area contributed by atoms with E-state index in [2.05, 4.69) is 15.9 Å². The van der Waals surface area contributed by atoms with Crippen molar-refractivity contribution in [1.82, 2.24) is 9.80 Å². The van der Waals surface area contributed by atoms with Crippen molar-refractivity contribution in [2.75, 3.05) is 33.3 Å². The van der Waals surface area contributed by atoms with Gasteiger partial charge in [0.25, 0.3) is 0 Å². The topological polar surface area (TPSA) is 157 Å². The van der Waals surface area contributed by atoms with E-state index in [9.17, 15) is 24.8 Å². The largest absolute Gasteiger partial charge is 0.504 e. The number of nitrogens with zero attached hydrogens (tertiary/aromatic N) is 3. The Morgan fingerprint density at radius 3 is 2.51 bits per heavy atom. The number of nitriles is 1. The van der Waals surface area contributed by atoms with Crippen LogP contribution in [-0.2, 0) is 30.3 Å². The van der Waals surface area contributed by atoms with E-state index in [4.69, 9.17) is 28.4 Å². The third-order valence-corrected chi connectivity index (χ3v) is 11.3. The van der Waals surface area contributed by atoms with Gasteiger partial charge in [0.15, 0.2) is 23.0 Å². The minimum Gasteiger partial charge on any atom is -0.504 e.